The lowest BCUT2D eigenvalue weighted by Crippen LogP contribution is -3.07. The first-order chi connectivity index (χ1) is 5.62. The van der Waals surface area contributed by atoms with Crippen molar-refractivity contribution in [3.63, 3.8) is 0 Å². The summed E-state index contributed by atoms with van der Waals surface area (Å²) < 4.78 is 0. The molecule has 0 aromatic heterocycles. The molecule has 0 aromatic rings. The van der Waals surface area contributed by atoms with Crippen LogP contribution in [0, 0.1) is 52.3 Å². The maximum Gasteiger partial charge on any atom is -0.0147 e. The van der Waals surface area contributed by atoms with Gasteiger partial charge in [0.2, 0.25) is 0 Å². The molecule has 6 fully saturated rings. The highest BCUT2D eigenvalue weighted by Crippen LogP contribution is 3.08. The Hall–Kier alpha value is 0. The smallest absolute Gasteiger partial charge is 0.0147 e. The summed E-state index contributed by atoms with van der Waals surface area (Å²) in [4.78, 5) is 0. The van der Waals surface area contributed by atoms with Gasteiger partial charge in [-0.05, 0) is 52.3 Å². The second-order valence-electron chi connectivity index (χ2n) is 7.07. The fraction of sp³-hybridized carbons (Fsp3) is 1.00. The van der Waals surface area contributed by atoms with Gasteiger partial charge >= 0.3 is 0 Å². The third-order valence-corrected chi connectivity index (χ3v) is 6.78. The molecule has 6 aliphatic rings. The summed E-state index contributed by atoms with van der Waals surface area (Å²) in [6.45, 7) is 7.48. The molecule has 64 valence electrons. The standard InChI is InChI=1S/C12H16/c1-11(2,3)12-8-5-4-6(8)10(12)7(4)9(5)12/h4-10H,1-3H3. The molecule has 0 atom stereocenters. The van der Waals surface area contributed by atoms with E-state index in [0.717, 1.165) is 5.41 Å². The zero-order valence-electron chi connectivity index (χ0n) is 8.04. The highest BCUT2D eigenvalue weighted by Gasteiger charge is 3.05. The minimum absolute atomic E-state index is 0.641. The van der Waals surface area contributed by atoms with Gasteiger partial charge in [-0.2, -0.15) is 0 Å². The van der Waals surface area contributed by atoms with Gasteiger partial charge in [-0.3, -0.25) is 0 Å². The Morgan fingerprint density at radius 1 is 0.750 bits per heavy atom. The molecule has 0 unspecified atom stereocenters. The molecular formula is C12H16. The van der Waals surface area contributed by atoms with Crippen LogP contribution in [0.5, 0.6) is 0 Å². The highest BCUT2D eigenvalue weighted by atomic mass is 15.1. The Kier molecular flexibility index (Phi) is 0.477. The molecule has 6 saturated carbocycles. The minimum Gasteiger partial charge on any atom is -0.0596 e. The van der Waals surface area contributed by atoms with Gasteiger partial charge in [0.05, 0.1) is 0 Å². The van der Waals surface area contributed by atoms with Crippen molar-refractivity contribution in [3.8, 4) is 0 Å². The molecule has 0 radical (unpaired) electrons. The fourth-order valence-corrected chi connectivity index (χ4v) is 6.93. The van der Waals surface area contributed by atoms with Crippen LogP contribution in [0.3, 0.4) is 0 Å². The van der Waals surface area contributed by atoms with E-state index >= 15 is 0 Å². The predicted molar refractivity (Wildman–Crippen MR) is 46.3 cm³/mol. The lowest BCUT2D eigenvalue weighted by Gasteiger charge is -3.09. The third-order valence-electron chi connectivity index (χ3n) is 6.78. The topological polar surface area (TPSA) is 0 Å². The van der Waals surface area contributed by atoms with E-state index in [1.165, 1.54) is 41.4 Å². The molecule has 0 heteroatoms. The van der Waals surface area contributed by atoms with E-state index in [4.69, 9.17) is 0 Å². The van der Waals surface area contributed by atoms with Crippen LogP contribution in [0.1, 0.15) is 20.8 Å². The third kappa shape index (κ3) is 0.204. The molecule has 0 heterocycles. The van der Waals surface area contributed by atoms with Crippen molar-refractivity contribution in [2.24, 2.45) is 52.3 Å². The predicted octanol–water partition coefficient (Wildman–Crippen LogP) is 2.40. The van der Waals surface area contributed by atoms with Crippen molar-refractivity contribution in [3.05, 3.63) is 0 Å². The SMILES string of the molecule is CC(C)(C)C12C3C4C5C3C1C5C42. The zero-order chi connectivity index (χ0) is 8.04. The summed E-state index contributed by atoms with van der Waals surface area (Å²) in [5, 5.41) is 0. The second-order valence-corrected chi connectivity index (χ2v) is 7.07. The first-order valence-corrected chi connectivity index (χ1v) is 5.62. The Balaban J connectivity index is 1.72. The molecule has 0 N–H and O–H groups in total. The minimum atomic E-state index is 0.641. The van der Waals surface area contributed by atoms with Crippen LogP contribution in [-0.4, -0.2) is 0 Å². The van der Waals surface area contributed by atoms with Crippen LogP contribution < -0.4 is 0 Å². The average molecular weight is 160 g/mol. The Bertz CT molecular complexity index is 269. The van der Waals surface area contributed by atoms with Gasteiger partial charge in [0.15, 0.2) is 0 Å². The summed E-state index contributed by atoms with van der Waals surface area (Å²) in [6, 6.07) is 0. The van der Waals surface area contributed by atoms with Crippen LogP contribution in [0.25, 0.3) is 0 Å². The first-order valence-electron chi connectivity index (χ1n) is 5.62. The molecule has 0 bridgehead atoms. The van der Waals surface area contributed by atoms with E-state index < -0.39 is 0 Å². The monoisotopic (exact) mass is 160 g/mol. The molecular weight excluding hydrogens is 144 g/mol. The van der Waals surface area contributed by atoms with Crippen molar-refractivity contribution < 1.29 is 0 Å². The van der Waals surface area contributed by atoms with Gasteiger partial charge in [0.1, 0.15) is 0 Å². The molecule has 0 aromatic carbocycles. The summed E-state index contributed by atoms with van der Waals surface area (Å²) in [5.74, 6) is 8.80. The van der Waals surface area contributed by atoms with Gasteiger partial charge in [-0.15, -0.1) is 0 Å². The van der Waals surface area contributed by atoms with E-state index in [0.29, 0.717) is 5.41 Å². The summed E-state index contributed by atoms with van der Waals surface area (Å²) in [7, 11) is 0. The molecule has 12 heavy (non-hydrogen) atoms. The van der Waals surface area contributed by atoms with E-state index in [2.05, 4.69) is 20.8 Å². The summed E-state index contributed by atoms with van der Waals surface area (Å²) >= 11 is 0. The largest absolute Gasteiger partial charge is 0.0596 e. The molecule has 0 spiro atoms. The second kappa shape index (κ2) is 1.01. The Morgan fingerprint density at radius 2 is 1.17 bits per heavy atom. The van der Waals surface area contributed by atoms with E-state index in [-0.39, 0.29) is 0 Å². The summed E-state index contributed by atoms with van der Waals surface area (Å²) in [5.41, 5.74) is 1.55. The average Bonchev–Trinajstić information content (AvgIpc) is 2.03. The molecule has 0 aliphatic heterocycles. The lowest BCUT2D eigenvalue weighted by molar-refractivity contribution is -0.634. The quantitative estimate of drug-likeness (QED) is 0.510. The fourth-order valence-electron chi connectivity index (χ4n) is 6.93. The van der Waals surface area contributed by atoms with Crippen molar-refractivity contribution >= 4 is 0 Å². The van der Waals surface area contributed by atoms with Crippen LogP contribution in [0.15, 0.2) is 0 Å². The van der Waals surface area contributed by atoms with Crippen molar-refractivity contribution in [1.82, 2.24) is 0 Å². The molecule has 0 saturated heterocycles. The number of hydrogen-bond donors (Lipinski definition) is 0. The number of rotatable bonds is 0. The van der Waals surface area contributed by atoms with E-state index in [9.17, 15) is 0 Å². The van der Waals surface area contributed by atoms with Crippen LogP contribution >= 0.6 is 0 Å². The van der Waals surface area contributed by atoms with Crippen molar-refractivity contribution in [1.29, 1.82) is 0 Å². The molecule has 6 aliphatic carbocycles. The lowest BCUT2D eigenvalue weighted by atomic mass is 8.94. The van der Waals surface area contributed by atoms with Gasteiger partial charge in [0.25, 0.3) is 0 Å². The van der Waals surface area contributed by atoms with Crippen LogP contribution in [0.2, 0.25) is 0 Å². The number of hydrogen-bond acceptors (Lipinski definition) is 0. The van der Waals surface area contributed by atoms with E-state index in [1.54, 1.807) is 0 Å². The Labute approximate surface area is 73.7 Å². The molecule has 6 rings (SSSR count). The zero-order valence-corrected chi connectivity index (χ0v) is 8.04. The normalized spacial score (nSPS) is 83.8. The van der Waals surface area contributed by atoms with Crippen LogP contribution in [-0.2, 0) is 0 Å². The molecule has 0 nitrogen and oxygen atoms in total. The first kappa shape index (κ1) is 5.67. The van der Waals surface area contributed by atoms with Crippen molar-refractivity contribution in [2.45, 2.75) is 20.8 Å². The van der Waals surface area contributed by atoms with Gasteiger partial charge in [-0.25, -0.2) is 0 Å². The van der Waals surface area contributed by atoms with E-state index in [1.807, 2.05) is 0 Å². The molecule has 0 amide bonds. The Morgan fingerprint density at radius 3 is 1.42 bits per heavy atom. The van der Waals surface area contributed by atoms with Gasteiger partial charge in [-0.1, -0.05) is 20.8 Å². The maximum absolute atomic E-state index is 2.49. The summed E-state index contributed by atoms with van der Waals surface area (Å²) in [6.07, 6.45) is 0. The van der Waals surface area contributed by atoms with Crippen LogP contribution in [0.4, 0.5) is 0 Å². The van der Waals surface area contributed by atoms with Crippen molar-refractivity contribution in [2.75, 3.05) is 0 Å². The van der Waals surface area contributed by atoms with Gasteiger partial charge < -0.3 is 0 Å². The highest BCUT2D eigenvalue weighted by molar-refractivity contribution is 5.51. The maximum atomic E-state index is 2.49. The van der Waals surface area contributed by atoms with Gasteiger partial charge in [0, 0.05) is 0 Å².